The first-order valence-electron chi connectivity index (χ1n) is 5.95. The van der Waals surface area contributed by atoms with Gasteiger partial charge in [-0.3, -0.25) is 4.99 Å². The second-order valence-corrected chi connectivity index (χ2v) is 5.04. The monoisotopic (exact) mass is 365 g/mol. The molecule has 1 aliphatic rings. The number of rotatable bonds is 5. The van der Waals surface area contributed by atoms with Crippen LogP contribution in [0, 0.1) is 0 Å². The van der Waals surface area contributed by atoms with E-state index in [1.54, 1.807) is 11.3 Å². The molecule has 1 aromatic rings. The molecule has 0 bridgehead atoms. The van der Waals surface area contributed by atoms with E-state index in [1.807, 2.05) is 0 Å². The molecule has 2 N–H and O–H groups in total. The Hall–Kier alpha value is -0.300. The van der Waals surface area contributed by atoms with Gasteiger partial charge in [-0.05, 0) is 31.2 Å². The Morgan fingerprint density at radius 2 is 2.35 bits per heavy atom. The molecule has 5 heteroatoms. The molecule has 0 saturated heterocycles. The number of halogens is 1. The van der Waals surface area contributed by atoms with Crippen LogP contribution in [0.15, 0.2) is 22.5 Å². The topological polar surface area (TPSA) is 36.4 Å². The Kier molecular flexibility index (Phi) is 6.87. The second kappa shape index (κ2) is 7.92. The first-order valence-corrected chi connectivity index (χ1v) is 6.83. The van der Waals surface area contributed by atoms with Crippen molar-refractivity contribution >= 4 is 41.3 Å². The van der Waals surface area contributed by atoms with Gasteiger partial charge < -0.3 is 10.6 Å². The van der Waals surface area contributed by atoms with Crippen LogP contribution in [0.4, 0.5) is 0 Å². The maximum atomic E-state index is 4.57. The van der Waals surface area contributed by atoms with Gasteiger partial charge in [0.1, 0.15) is 0 Å². The third-order valence-corrected chi connectivity index (χ3v) is 3.41. The summed E-state index contributed by atoms with van der Waals surface area (Å²) >= 11 is 1.80. The molecule has 1 heterocycles. The molecule has 0 aromatic carbocycles. The number of aliphatic imine (C=N–C) groups is 1. The van der Waals surface area contributed by atoms with Crippen molar-refractivity contribution < 1.29 is 0 Å². The summed E-state index contributed by atoms with van der Waals surface area (Å²) in [6.07, 6.45) is 3.61. The Morgan fingerprint density at radius 3 is 2.94 bits per heavy atom. The first-order chi connectivity index (χ1) is 7.88. The van der Waals surface area contributed by atoms with Crippen LogP contribution in [0.2, 0.25) is 0 Å². The zero-order chi connectivity index (χ0) is 11.2. The minimum atomic E-state index is 0. The molecule has 3 nitrogen and oxygen atoms in total. The zero-order valence-electron chi connectivity index (χ0n) is 10.1. The van der Waals surface area contributed by atoms with Crippen LogP contribution in [-0.4, -0.2) is 25.1 Å². The predicted octanol–water partition coefficient (Wildman–Crippen LogP) is 2.63. The Balaban J connectivity index is 0.00000144. The summed E-state index contributed by atoms with van der Waals surface area (Å²) in [7, 11) is 0. The standard InChI is InChI=1S/C12H19N3S.HI/c1-2-13-12(15-10-5-6-10)14-8-7-11-4-3-9-16-11;/h3-4,9-10H,2,5-8H2,1H3,(H2,13,14,15);1H. The predicted molar refractivity (Wildman–Crippen MR) is 85.6 cm³/mol. The van der Waals surface area contributed by atoms with Crippen molar-refractivity contribution in [2.45, 2.75) is 32.2 Å². The molecule has 0 aliphatic heterocycles. The molecule has 0 unspecified atom stereocenters. The highest BCUT2D eigenvalue weighted by molar-refractivity contribution is 14.0. The van der Waals surface area contributed by atoms with Crippen LogP contribution in [0.3, 0.4) is 0 Å². The Labute approximate surface area is 124 Å². The number of guanidine groups is 1. The molecule has 0 atom stereocenters. The summed E-state index contributed by atoms with van der Waals surface area (Å²) in [6, 6.07) is 4.93. The lowest BCUT2D eigenvalue weighted by atomic mass is 10.3. The molecule has 0 amide bonds. The fourth-order valence-electron chi connectivity index (χ4n) is 1.47. The lowest BCUT2D eigenvalue weighted by molar-refractivity contribution is 0.809. The zero-order valence-corrected chi connectivity index (χ0v) is 13.3. The number of hydrogen-bond acceptors (Lipinski definition) is 2. The summed E-state index contributed by atoms with van der Waals surface area (Å²) in [5.41, 5.74) is 0. The van der Waals surface area contributed by atoms with Gasteiger partial charge in [-0.1, -0.05) is 6.07 Å². The summed E-state index contributed by atoms with van der Waals surface area (Å²) in [5, 5.41) is 8.81. The quantitative estimate of drug-likeness (QED) is 0.478. The molecule has 17 heavy (non-hydrogen) atoms. The smallest absolute Gasteiger partial charge is 0.191 e. The van der Waals surface area contributed by atoms with Crippen molar-refractivity contribution in [3.05, 3.63) is 22.4 Å². The molecule has 1 aliphatic carbocycles. The third kappa shape index (κ3) is 5.72. The van der Waals surface area contributed by atoms with Crippen LogP contribution in [0.1, 0.15) is 24.6 Å². The van der Waals surface area contributed by atoms with Crippen molar-refractivity contribution in [3.8, 4) is 0 Å². The van der Waals surface area contributed by atoms with Crippen molar-refractivity contribution in [1.29, 1.82) is 0 Å². The fourth-order valence-corrected chi connectivity index (χ4v) is 2.17. The average molecular weight is 365 g/mol. The summed E-state index contributed by atoms with van der Waals surface area (Å²) in [4.78, 5) is 5.98. The highest BCUT2D eigenvalue weighted by Crippen LogP contribution is 2.18. The fraction of sp³-hybridized carbons (Fsp3) is 0.583. The molecule has 0 radical (unpaired) electrons. The van der Waals surface area contributed by atoms with Crippen LogP contribution in [-0.2, 0) is 6.42 Å². The van der Waals surface area contributed by atoms with E-state index in [2.05, 4.69) is 40.1 Å². The molecule has 1 fully saturated rings. The highest BCUT2D eigenvalue weighted by Gasteiger charge is 2.21. The van der Waals surface area contributed by atoms with E-state index in [-0.39, 0.29) is 24.0 Å². The van der Waals surface area contributed by atoms with E-state index >= 15 is 0 Å². The molecule has 1 saturated carbocycles. The van der Waals surface area contributed by atoms with E-state index in [0.717, 1.165) is 25.5 Å². The molecule has 0 spiro atoms. The largest absolute Gasteiger partial charge is 0.357 e. The lowest BCUT2D eigenvalue weighted by Gasteiger charge is -2.09. The van der Waals surface area contributed by atoms with Gasteiger partial charge in [-0.25, -0.2) is 0 Å². The summed E-state index contributed by atoms with van der Waals surface area (Å²) in [6.45, 7) is 3.89. The normalized spacial score (nSPS) is 15.2. The van der Waals surface area contributed by atoms with Crippen LogP contribution in [0.25, 0.3) is 0 Å². The number of nitrogens with zero attached hydrogens (tertiary/aromatic N) is 1. The average Bonchev–Trinajstić information content (AvgIpc) is 2.93. The summed E-state index contributed by atoms with van der Waals surface area (Å²) < 4.78 is 0. The maximum Gasteiger partial charge on any atom is 0.191 e. The van der Waals surface area contributed by atoms with Gasteiger partial charge >= 0.3 is 0 Å². The van der Waals surface area contributed by atoms with Gasteiger partial charge in [-0.2, -0.15) is 0 Å². The number of nitrogens with one attached hydrogen (secondary N) is 2. The van der Waals surface area contributed by atoms with Crippen molar-refractivity contribution in [1.82, 2.24) is 10.6 Å². The van der Waals surface area contributed by atoms with Gasteiger partial charge in [-0.15, -0.1) is 35.3 Å². The lowest BCUT2D eigenvalue weighted by Crippen LogP contribution is -2.38. The van der Waals surface area contributed by atoms with Gasteiger partial charge in [0.15, 0.2) is 5.96 Å². The SMILES string of the molecule is CCNC(=NCCc1cccs1)NC1CC1.I. The molecule has 96 valence electrons. The first kappa shape index (κ1) is 14.8. The van der Waals surface area contributed by atoms with Crippen molar-refractivity contribution in [2.75, 3.05) is 13.1 Å². The van der Waals surface area contributed by atoms with Crippen LogP contribution in [0.5, 0.6) is 0 Å². The minimum Gasteiger partial charge on any atom is -0.357 e. The van der Waals surface area contributed by atoms with E-state index in [4.69, 9.17) is 0 Å². The van der Waals surface area contributed by atoms with Crippen LogP contribution < -0.4 is 10.6 Å². The van der Waals surface area contributed by atoms with Crippen molar-refractivity contribution in [3.63, 3.8) is 0 Å². The minimum absolute atomic E-state index is 0. The molecular formula is C12H20IN3S. The van der Waals surface area contributed by atoms with Crippen LogP contribution >= 0.6 is 35.3 Å². The van der Waals surface area contributed by atoms with E-state index in [9.17, 15) is 0 Å². The highest BCUT2D eigenvalue weighted by atomic mass is 127. The summed E-state index contributed by atoms with van der Waals surface area (Å²) in [5.74, 6) is 0.974. The van der Waals surface area contributed by atoms with Gasteiger partial charge in [0.2, 0.25) is 0 Å². The molecule has 2 rings (SSSR count). The maximum absolute atomic E-state index is 4.57. The van der Waals surface area contributed by atoms with Gasteiger partial charge in [0, 0.05) is 30.4 Å². The van der Waals surface area contributed by atoms with E-state index in [1.165, 1.54) is 17.7 Å². The van der Waals surface area contributed by atoms with Gasteiger partial charge in [0.25, 0.3) is 0 Å². The van der Waals surface area contributed by atoms with Gasteiger partial charge in [0.05, 0.1) is 0 Å². The van der Waals surface area contributed by atoms with E-state index in [0.29, 0.717) is 6.04 Å². The Bertz CT molecular complexity index is 334. The number of hydrogen-bond donors (Lipinski definition) is 2. The third-order valence-electron chi connectivity index (χ3n) is 2.47. The van der Waals surface area contributed by atoms with Crippen molar-refractivity contribution in [2.24, 2.45) is 4.99 Å². The molecular weight excluding hydrogens is 345 g/mol. The second-order valence-electron chi connectivity index (χ2n) is 4.01. The van der Waals surface area contributed by atoms with E-state index < -0.39 is 0 Å². The number of thiophene rings is 1. The Morgan fingerprint density at radius 1 is 1.53 bits per heavy atom. The molecule has 1 aromatic heterocycles.